The number of aromatic nitrogens is 1. The largest absolute Gasteiger partial charge is 0.476 e. The lowest BCUT2D eigenvalue weighted by Crippen LogP contribution is -2.48. The molecule has 5 atom stereocenters. The second-order valence-electron chi connectivity index (χ2n) is 9.07. The molecule has 34 heavy (non-hydrogen) atoms. The molecule has 3 unspecified atom stereocenters. The normalized spacial score (nSPS) is 27.5. The van der Waals surface area contributed by atoms with E-state index in [9.17, 15) is 15.5 Å². The minimum atomic E-state index is -1.49. The van der Waals surface area contributed by atoms with Crippen LogP contribution in [0.2, 0.25) is 0 Å². The highest BCUT2D eigenvalue weighted by molar-refractivity contribution is 7.44. The third-order valence-corrected chi connectivity index (χ3v) is 8.80. The lowest BCUT2D eigenvalue weighted by Gasteiger charge is -2.40. The molecule has 1 fully saturated rings. The molecule has 6 heteroatoms. The van der Waals surface area contributed by atoms with E-state index < -0.39 is 30.9 Å². The summed E-state index contributed by atoms with van der Waals surface area (Å²) in [6, 6.07) is 29.1. The maximum Gasteiger partial charge on any atom is 0.178 e. The Kier molecular flexibility index (Phi) is 4.86. The number of aliphatic hydroxyl groups excluding tert-OH is 1. The first kappa shape index (κ1) is 21.1. The molecule has 5 nitrogen and oxygen atoms in total. The fraction of sp³-hybridized carbons (Fsp3) is 0.214. The molecule has 6 rings (SSSR count). The predicted molar refractivity (Wildman–Crippen MR) is 130 cm³/mol. The van der Waals surface area contributed by atoms with Crippen LogP contribution >= 0.6 is 7.69 Å². The number of nitriles is 1. The van der Waals surface area contributed by atoms with Crippen molar-refractivity contribution in [1.82, 2.24) is 4.75 Å². The molecule has 0 spiro atoms. The lowest BCUT2D eigenvalue weighted by molar-refractivity contribution is -0.107. The first-order valence-electron chi connectivity index (χ1n) is 11.3. The van der Waals surface area contributed by atoms with Crippen LogP contribution in [0, 0.1) is 11.3 Å². The standard InChI is InChI=1S/C28H23N2O3P/c29-16-19-11-13-22(14-12-19)28-25(21-9-5-2-6-10-21)23(31)15-27(28,32)26-24(33-28)18-34(30-26)17-20-7-3-1-4-8-20/h1-14,18,23,25,31-32H,15,17H2/t23?,25-,27-,28?,34?/m1/s1. The fourth-order valence-corrected chi connectivity index (χ4v) is 7.47. The summed E-state index contributed by atoms with van der Waals surface area (Å²) in [6.45, 7) is 0. The van der Waals surface area contributed by atoms with Gasteiger partial charge in [0.1, 0.15) is 5.69 Å². The molecule has 3 aromatic carbocycles. The Morgan fingerprint density at radius 2 is 1.68 bits per heavy atom. The van der Waals surface area contributed by atoms with Crippen LogP contribution in [0.3, 0.4) is 0 Å². The summed E-state index contributed by atoms with van der Waals surface area (Å²) in [5.41, 5.74) is 1.15. The highest BCUT2D eigenvalue weighted by atomic mass is 31.1. The van der Waals surface area contributed by atoms with Gasteiger partial charge in [-0.25, -0.2) is 4.75 Å². The molecular weight excluding hydrogens is 443 g/mol. The Bertz CT molecular complexity index is 1380. The van der Waals surface area contributed by atoms with Gasteiger partial charge >= 0.3 is 0 Å². The highest BCUT2D eigenvalue weighted by Gasteiger charge is 2.72. The maximum absolute atomic E-state index is 12.3. The third kappa shape index (κ3) is 2.97. The Hall–Kier alpha value is -3.42. The minimum Gasteiger partial charge on any atom is -0.476 e. The van der Waals surface area contributed by atoms with E-state index in [4.69, 9.17) is 9.48 Å². The van der Waals surface area contributed by atoms with Gasteiger partial charge in [0, 0.05) is 18.4 Å². The first-order valence-corrected chi connectivity index (χ1v) is 12.9. The quantitative estimate of drug-likeness (QED) is 0.442. The van der Waals surface area contributed by atoms with E-state index in [-0.39, 0.29) is 6.42 Å². The van der Waals surface area contributed by atoms with E-state index in [2.05, 4.69) is 18.2 Å². The summed E-state index contributed by atoms with van der Waals surface area (Å²) in [4.78, 5) is 0. The van der Waals surface area contributed by atoms with Crippen LogP contribution < -0.4 is 4.74 Å². The van der Waals surface area contributed by atoms with Crippen molar-refractivity contribution in [2.24, 2.45) is 0 Å². The van der Waals surface area contributed by atoms with Crippen molar-refractivity contribution in [3.8, 4) is 11.8 Å². The van der Waals surface area contributed by atoms with Crippen LogP contribution in [0.5, 0.6) is 5.75 Å². The van der Waals surface area contributed by atoms with Crippen LogP contribution in [-0.2, 0) is 17.4 Å². The first-order chi connectivity index (χ1) is 16.5. The zero-order valence-corrected chi connectivity index (χ0v) is 19.3. The zero-order valence-electron chi connectivity index (χ0n) is 18.4. The van der Waals surface area contributed by atoms with Gasteiger partial charge in [-0.2, -0.15) is 5.26 Å². The van der Waals surface area contributed by atoms with Crippen molar-refractivity contribution in [2.45, 2.75) is 35.8 Å². The predicted octanol–water partition coefficient (Wildman–Crippen LogP) is 5.01. The maximum atomic E-state index is 12.3. The molecule has 1 saturated carbocycles. The molecule has 2 heterocycles. The molecule has 2 aliphatic rings. The molecule has 168 valence electrons. The molecule has 0 saturated heterocycles. The van der Waals surface area contributed by atoms with E-state index in [1.54, 1.807) is 12.1 Å². The summed E-state index contributed by atoms with van der Waals surface area (Å²) in [5.74, 6) is 2.16. The van der Waals surface area contributed by atoms with Gasteiger partial charge in [0.25, 0.3) is 0 Å². The number of hydrogen-bond acceptors (Lipinski definition) is 5. The summed E-state index contributed by atoms with van der Waals surface area (Å²) in [6.07, 6.45) is 0.0715. The van der Waals surface area contributed by atoms with Crippen LogP contribution in [-0.4, -0.2) is 21.1 Å². The van der Waals surface area contributed by atoms with Gasteiger partial charge in [-0.3, -0.25) is 0 Å². The molecule has 1 aliphatic carbocycles. The van der Waals surface area contributed by atoms with Gasteiger partial charge in [-0.05, 0) is 36.5 Å². The zero-order chi connectivity index (χ0) is 23.3. The molecule has 0 radical (unpaired) electrons. The van der Waals surface area contributed by atoms with Crippen LogP contribution in [0.15, 0.2) is 90.7 Å². The van der Waals surface area contributed by atoms with Crippen molar-refractivity contribution in [2.75, 3.05) is 0 Å². The second-order valence-corrected chi connectivity index (χ2v) is 10.7. The van der Waals surface area contributed by atoms with E-state index in [1.807, 2.05) is 66.5 Å². The highest BCUT2D eigenvalue weighted by Crippen LogP contribution is 2.67. The van der Waals surface area contributed by atoms with Gasteiger partial charge in [-0.15, -0.1) is 0 Å². The number of nitrogens with zero attached hydrogens (tertiary/aromatic N) is 2. The van der Waals surface area contributed by atoms with Gasteiger partial charge in [0.15, 0.2) is 17.0 Å². The average molecular weight is 466 g/mol. The average Bonchev–Trinajstić information content (AvgIpc) is 3.43. The number of aliphatic hydroxyl groups is 2. The number of rotatable bonds is 4. The van der Waals surface area contributed by atoms with Crippen molar-refractivity contribution in [3.05, 3.63) is 119 Å². The van der Waals surface area contributed by atoms with Crippen molar-refractivity contribution < 1.29 is 14.9 Å². The SMILES string of the molecule is N#Cc1ccc(C23Oc4cp(Cc5ccccc5)nc4[C@]2(O)CC(O)[C@H]3c2ccccc2)cc1. The summed E-state index contributed by atoms with van der Waals surface area (Å²) >= 11 is 0. The summed E-state index contributed by atoms with van der Waals surface area (Å²) in [7, 11) is -0.876. The molecule has 4 aromatic rings. The third-order valence-electron chi connectivity index (χ3n) is 7.12. The molecule has 0 amide bonds. The minimum absolute atomic E-state index is 0.122. The van der Waals surface area contributed by atoms with Gasteiger partial charge < -0.3 is 14.9 Å². The fourth-order valence-electron chi connectivity index (χ4n) is 5.70. The van der Waals surface area contributed by atoms with Crippen molar-refractivity contribution in [3.63, 3.8) is 0 Å². The van der Waals surface area contributed by atoms with Crippen LogP contribution in [0.1, 0.15) is 40.3 Å². The topological polar surface area (TPSA) is 86.4 Å². The number of benzene rings is 3. The van der Waals surface area contributed by atoms with E-state index >= 15 is 0 Å². The van der Waals surface area contributed by atoms with Crippen LogP contribution in [0.25, 0.3) is 0 Å². The van der Waals surface area contributed by atoms with Crippen LogP contribution in [0.4, 0.5) is 0 Å². The number of hydrogen-bond donors (Lipinski definition) is 2. The van der Waals surface area contributed by atoms with E-state index in [1.165, 1.54) is 5.56 Å². The second kappa shape index (κ2) is 7.82. The summed E-state index contributed by atoms with van der Waals surface area (Å²) < 4.78 is 11.7. The lowest BCUT2D eigenvalue weighted by atomic mass is 9.72. The molecule has 0 bridgehead atoms. The Balaban J connectivity index is 1.49. The molecular formula is C28H23N2O3P. The monoisotopic (exact) mass is 466 g/mol. The molecule has 2 N–H and O–H groups in total. The number of ether oxygens (including phenoxy) is 1. The smallest absolute Gasteiger partial charge is 0.178 e. The Labute approximate surface area is 199 Å². The Morgan fingerprint density at radius 3 is 2.35 bits per heavy atom. The van der Waals surface area contributed by atoms with Gasteiger partial charge in [-0.1, -0.05) is 72.8 Å². The molecule has 1 aromatic heterocycles. The van der Waals surface area contributed by atoms with Crippen molar-refractivity contribution in [1.29, 1.82) is 5.26 Å². The number of fused-ring (bicyclic) bond motifs is 3. The van der Waals surface area contributed by atoms with E-state index in [0.29, 0.717) is 17.0 Å². The molecule has 1 aliphatic heterocycles. The summed E-state index contributed by atoms with van der Waals surface area (Å²) in [5, 5.41) is 32.9. The van der Waals surface area contributed by atoms with Gasteiger partial charge in [0.05, 0.1) is 23.7 Å². The Morgan fingerprint density at radius 1 is 1.00 bits per heavy atom. The van der Waals surface area contributed by atoms with Gasteiger partial charge in [0.2, 0.25) is 0 Å². The van der Waals surface area contributed by atoms with Crippen molar-refractivity contribution >= 4 is 7.69 Å². The van der Waals surface area contributed by atoms with E-state index in [0.717, 1.165) is 17.3 Å².